The standard InChI is InChI=1S/C8H8N4O3/c9-8(10)11-7(13)5-2-1-3-6(4-5)12(14)15/h1-4H,(H4,9,10,11,13). The van der Waals surface area contributed by atoms with Gasteiger partial charge < -0.3 is 11.5 Å². The van der Waals surface area contributed by atoms with Crippen LogP contribution >= 0.6 is 0 Å². The number of rotatable bonds is 2. The van der Waals surface area contributed by atoms with Crippen LogP contribution in [0.5, 0.6) is 0 Å². The number of carbonyl (C=O) groups excluding carboxylic acids is 1. The molecule has 0 aromatic heterocycles. The van der Waals surface area contributed by atoms with E-state index in [-0.39, 0.29) is 17.2 Å². The highest BCUT2D eigenvalue weighted by Gasteiger charge is 2.10. The Morgan fingerprint density at radius 3 is 2.60 bits per heavy atom. The third kappa shape index (κ3) is 2.76. The number of non-ortho nitro benzene ring substituents is 1. The van der Waals surface area contributed by atoms with Gasteiger partial charge >= 0.3 is 0 Å². The van der Waals surface area contributed by atoms with E-state index in [2.05, 4.69) is 4.99 Å². The number of nitrogens with two attached hydrogens (primary N) is 2. The highest BCUT2D eigenvalue weighted by molar-refractivity contribution is 6.02. The monoisotopic (exact) mass is 208 g/mol. The van der Waals surface area contributed by atoms with Crippen LogP contribution in [0.2, 0.25) is 0 Å². The number of carbonyl (C=O) groups is 1. The van der Waals surface area contributed by atoms with Crippen LogP contribution in [0.25, 0.3) is 0 Å². The molecule has 0 heterocycles. The maximum Gasteiger partial charge on any atom is 0.280 e. The van der Waals surface area contributed by atoms with Gasteiger partial charge in [-0.25, -0.2) is 0 Å². The predicted molar refractivity (Wildman–Crippen MR) is 53.2 cm³/mol. The minimum atomic E-state index is -0.710. The smallest absolute Gasteiger partial charge is 0.280 e. The maximum absolute atomic E-state index is 11.3. The number of nitro benzene ring substituents is 1. The van der Waals surface area contributed by atoms with Crippen LogP contribution in [-0.2, 0) is 0 Å². The second-order valence-corrected chi connectivity index (χ2v) is 2.65. The largest absolute Gasteiger partial charge is 0.370 e. The average Bonchev–Trinajstić information content (AvgIpc) is 2.17. The summed E-state index contributed by atoms with van der Waals surface area (Å²) in [7, 11) is 0. The van der Waals surface area contributed by atoms with Crippen molar-refractivity contribution in [1.29, 1.82) is 0 Å². The van der Waals surface area contributed by atoms with E-state index in [1.807, 2.05) is 0 Å². The predicted octanol–water partition coefficient (Wildman–Crippen LogP) is 0.00840. The van der Waals surface area contributed by atoms with Crippen LogP contribution < -0.4 is 11.5 Å². The summed E-state index contributed by atoms with van der Waals surface area (Å²) < 4.78 is 0. The van der Waals surface area contributed by atoms with Crippen LogP contribution in [0.1, 0.15) is 10.4 Å². The van der Waals surface area contributed by atoms with Gasteiger partial charge in [-0.2, -0.15) is 4.99 Å². The number of hydrogen-bond acceptors (Lipinski definition) is 3. The van der Waals surface area contributed by atoms with E-state index in [1.165, 1.54) is 18.2 Å². The molecule has 4 N–H and O–H groups in total. The van der Waals surface area contributed by atoms with E-state index in [9.17, 15) is 14.9 Å². The second-order valence-electron chi connectivity index (χ2n) is 2.65. The van der Waals surface area contributed by atoms with Crippen LogP contribution in [0.4, 0.5) is 5.69 Å². The summed E-state index contributed by atoms with van der Waals surface area (Å²) in [6, 6.07) is 5.15. The zero-order chi connectivity index (χ0) is 11.4. The average molecular weight is 208 g/mol. The lowest BCUT2D eigenvalue weighted by Gasteiger charge is -1.95. The van der Waals surface area contributed by atoms with Gasteiger partial charge in [-0.05, 0) is 6.07 Å². The molecule has 7 nitrogen and oxygen atoms in total. The number of hydrogen-bond donors (Lipinski definition) is 2. The SMILES string of the molecule is NC(N)=NC(=O)c1cccc([N+](=O)[O-])c1. The Morgan fingerprint density at radius 1 is 1.40 bits per heavy atom. The normalized spacial score (nSPS) is 9.33. The summed E-state index contributed by atoms with van der Waals surface area (Å²) in [5, 5.41) is 10.4. The number of amides is 1. The molecule has 0 fully saturated rings. The quantitative estimate of drug-likeness (QED) is 0.306. The van der Waals surface area contributed by atoms with E-state index in [1.54, 1.807) is 0 Å². The van der Waals surface area contributed by atoms with Crippen LogP contribution in [0, 0.1) is 10.1 Å². The highest BCUT2D eigenvalue weighted by atomic mass is 16.6. The molecule has 0 radical (unpaired) electrons. The fourth-order valence-corrected chi connectivity index (χ4v) is 0.934. The zero-order valence-electron chi connectivity index (χ0n) is 7.58. The van der Waals surface area contributed by atoms with Gasteiger partial charge in [-0.1, -0.05) is 6.07 Å². The van der Waals surface area contributed by atoms with E-state index >= 15 is 0 Å². The van der Waals surface area contributed by atoms with Gasteiger partial charge in [0.15, 0.2) is 5.96 Å². The Morgan fingerprint density at radius 2 is 2.07 bits per heavy atom. The van der Waals surface area contributed by atoms with Crippen LogP contribution in [-0.4, -0.2) is 16.8 Å². The fraction of sp³-hybridized carbons (Fsp3) is 0. The molecule has 15 heavy (non-hydrogen) atoms. The van der Waals surface area contributed by atoms with Crippen LogP contribution in [0.3, 0.4) is 0 Å². The summed E-state index contributed by atoms with van der Waals surface area (Å²) in [4.78, 5) is 24.3. The first kappa shape index (κ1) is 10.6. The minimum absolute atomic E-state index is 0.0672. The molecule has 0 aliphatic carbocycles. The summed E-state index contributed by atoms with van der Waals surface area (Å²) in [6.45, 7) is 0. The van der Waals surface area contributed by atoms with Crippen molar-refractivity contribution in [1.82, 2.24) is 0 Å². The van der Waals surface area contributed by atoms with Crippen molar-refractivity contribution in [3.05, 3.63) is 39.9 Å². The molecule has 1 amide bonds. The third-order valence-electron chi connectivity index (χ3n) is 1.53. The lowest BCUT2D eigenvalue weighted by molar-refractivity contribution is -0.384. The molecule has 1 aromatic rings. The van der Waals surface area contributed by atoms with Crippen molar-refractivity contribution >= 4 is 17.6 Å². The molecule has 0 saturated heterocycles. The summed E-state index contributed by atoms with van der Waals surface area (Å²) >= 11 is 0. The summed E-state index contributed by atoms with van der Waals surface area (Å²) in [5.41, 5.74) is 9.88. The second kappa shape index (κ2) is 4.18. The molecule has 0 bridgehead atoms. The number of nitro groups is 1. The Balaban J connectivity index is 3.06. The van der Waals surface area contributed by atoms with E-state index in [4.69, 9.17) is 11.5 Å². The topological polar surface area (TPSA) is 125 Å². The molecule has 0 unspecified atom stereocenters. The molecule has 0 atom stereocenters. The number of aliphatic imine (C=N–C) groups is 1. The number of benzene rings is 1. The van der Waals surface area contributed by atoms with E-state index < -0.39 is 10.8 Å². The van der Waals surface area contributed by atoms with Gasteiger partial charge in [0, 0.05) is 17.7 Å². The van der Waals surface area contributed by atoms with Gasteiger partial charge in [0.25, 0.3) is 11.6 Å². The molecule has 0 saturated carbocycles. The zero-order valence-corrected chi connectivity index (χ0v) is 7.58. The lowest BCUT2D eigenvalue weighted by atomic mass is 10.2. The first-order valence-corrected chi connectivity index (χ1v) is 3.89. The molecular formula is C8H8N4O3. The van der Waals surface area contributed by atoms with Crippen molar-refractivity contribution in [2.24, 2.45) is 16.5 Å². The number of guanidine groups is 1. The molecule has 1 aromatic carbocycles. The Labute approximate surface area is 84.6 Å². The first-order chi connectivity index (χ1) is 7.00. The van der Waals surface area contributed by atoms with Crippen molar-refractivity contribution < 1.29 is 9.72 Å². The molecular weight excluding hydrogens is 200 g/mol. The molecule has 0 spiro atoms. The van der Waals surface area contributed by atoms with Crippen molar-refractivity contribution in [2.45, 2.75) is 0 Å². The fourth-order valence-electron chi connectivity index (χ4n) is 0.934. The molecule has 7 heteroatoms. The first-order valence-electron chi connectivity index (χ1n) is 3.89. The van der Waals surface area contributed by atoms with Gasteiger partial charge in [0.05, 0.1) is 4.92 Å². The molecule has 0 aliphatic heterocycles. The third-order valence-corrected chi connectivity index (χ3v) is 1.53. The van der Waals surface area contributed by atoms with Crippen molar-refractivity contribution in [2.75, 3.05) is 0 Å². The highest BCUT2D eigenvalue weighted by Crippen LogP contribution is 2.13. The Bertz CT molecular complexity index is 437. The van der Waals surface area contributed by atoms with Gasteiger partial charge in [0.2, 0.25) is 0 Å². The summed E-state index contributed by atoms with van der Waals surface area (Å²) in [6.07, 6.45) is 0. The van der Waals surface area contributed by atoms with Crippen molar-refractivity contribution in [3.63, 3.8) is 0 Å². The number of nitrogens with zero attached hydrogens (tertiary/aromatic N) is 2. The maximum atomic E-state index is 11.3. The Hall–Kier alpha value is -2.44. The Kier molecular flexibility index (Phi) is 2.97. The lowest BCUT2D eigenvalue weighted by Crippen LogP contribution is -2.24. The van der Waals surface area contributed by atoms with Gasteiger partial charge in [-0.15, -0.1) is 0 Å². The van der Waals surface area contributed by atoms with Gasteiger partial charge in [0.1, 0.15) is 0 Å². The van der Waals surface area contributed by atoms with E-state index in [0.29, 0.717) is 0 Å². The molecule has 0 aliphatic rings. The summed E-state index contributed by atoms with van der Waals surface area (Å²) in [5.74, 6) is -1.09. The van der Waals surface area contributed by atoms with E-state index in [0.717, 1.165) is 6.07 Å². The minimum Gasteiger partial charge on any atom is -0.370 e. The molecule has 1 rings (SSSR count). The van der Waals surface area contributed by atoms with Crippen molar-refractivity contribution in [3.8, 4) is 0 Å². The molecule has 78 valence electrons. The van der Waals surface area contributed by atoms with Gasteiger partial charge in [-0.3, -0.25) is 14.9 Å². The van der Waals surface area contributed by atoms with Crippen LogP contribution in [0.15, 0.2) is 29.3 Å².